The van der Waals surface area contributed by atoms with E-state index >= 15 is 0 Å². The third kappa shape index (κ3) is 7.36. The SMILES string of the molecule is CSCCC(NC(=O)OC(C)(C)C)C(=O)Oc1ccc2c(C)c(Cc3ccccc3)c(=O)oc2c1. The molecule has 0 saturated heterocycles. The van der Waals surface area contributed by atoms with Gasteiger partial charge in [-0.05, 0) is 69.4 Å². The van der Waals surface area contributed by atoms with Crippen LogP contribution in [0.1, 0.15) is 43.9 Å². The molecule has 35 heavy (non-hydrogen) atoms. The molecule has 3 aromatic rings. The van der Waals surface area contributed by atoms with Crippen molar-refractivity contribution in [2.24, 2.45) is 0 Å². The van der Waals surface area contributed by atoms with Crippen LogP contribution in [0, 0.1) is 6.92 Å². The van der Waals surface area contributed by atoms with E-state index in [1.807, 2.05) is 43.5 Å². The molecule has 0 aliphatic rings. The van der Waals surface area contributed by atoms with E-state index < -0.39 is 29.3 Å². The van der Waals surface area contributed by atoms with Gasteiger partial charge in [-0.1, -0.05) is 30.3 Å². The van der Waals surface area contributed by atoms with Crippen LogP contribution in [0.4, 0.5) is 4.79 Å². The molecule has 1 aromatic heterocycles. The highest BCUT2D eigenvalue weighted by Gasteiger charge is 2.26. The molecule has 7 nitrogen and oxygen atoms in total. The Morgan fingerprint density at radius 3 is 2.49 bits per heavy atom. The molecule has 0 radical (unpaired) electrons. The second-order valence-electron chi connectivity index (χ2n) is 9.21. The number of carbonyl (C=O) groups is 2. The van der Waals surface area contributed by atoms with Crippen molar-refractivity contribution in [2.75, 3.05) is 12.0 Å². The van der Waals surface area contributed by atoms with Gasteiger partial charge in [-0.2, -0.15) is 11.8 Å². The lowest BCUT2D eigenvalue weighted by Crippen LogP contribution is -2.45. The number of aryl methyl sites for hydroxylation is 1. The summed E-state index contributed by atoms with van der Waals surface area (Å²) in [4.78, 5) is 37.8. The van der Waals surface area contributed by atoms with Crippen LogP contribution in [0.5, 0.6) is 5.75 Å². The Labute approximate surface area is 209 Å². The zero-order valence-corrected chi connectivity index (χ0v) is 21.5. The Bertz CT molecular complexity index is 1250. The summed E-state index contributed by atoms with van der Waals surface area (Å²) in [6, 6.07) is 13.8. The quantitative estimate of drug-likeness (QED) is 0.258. The summed E-state index contributed by atoms with van der Waals surface area (Å²) in [5.74, 6) is 0.246. The number of amides is 1. The number of hydrogen-bond acceptors (Lipinski definition) is 7. The standard InChI is InChI=1S/C27H31NO6S/c1-17-20-12-11-19(16-23(20)33-24(29)21(17)15-18-9-7-6-8-10-18)32-25(30)22(13-14-35-5)28-26(31)34-27(2,3)4/h6-12,16,22H,13-15H2,1-5H3,(H,28,31). The van der Waals surface area contributed by atoms with E-state index in [2.05, 4.69) is 5.32 Å². The normalized spacial score (nSPS) is 12.3. The van der Waals surface area contributed by atoms with Crippen LogP contribution in [0.15, 0.2) is 57.7 Å². The average Bonchev–Trinajstić information content (AvgIpc) is 2.78. The maximum Gasteiger partial charge on any atom is 0.408 e. The molecule has 1 N–H and O–H groups in total. The van der Waals surface area contributed by atoms with Crippen LogP contribution in [0.25, 0.3) is 11.0 Å². The summed E-state index contributed by atoms with van der Waals surface area (Å²) in [6.07, 6.45) is 2.07. The first-order chi connectivity index (χ1) is 16.6. The van der Waals surface area contributed by atoms with Gasteiger partial charge in [0.15, 0.2) is 0 Å². The van der Waals surface area contributed by atoms with E-state index in [1.54, 1.807) is 44.7 Å². The van der Waals surface area contributed by atoms with Crippen molar-refractivity contribution in [1.82, 2.24) is 5.32 Å². The van der Waals surface area contributed by atoms with Crippen LogP contribution < -0.4 is 15.7 Å². The Kier molecular flexibility index (Phi) is 8.62. The van der Waals surface area contributed by atoms with Gasteiger partial charge in [0, 0.05) is 23.4 Å². The molecule has 0 aliphatic heterocycles. The van der Waals surface area contributed by atoms with E-state index in [9.17, 15) is 14.4 Å². The van der Waals surface area contributed by atoms with Crippen LogP contribution in [0.2, 0.25) is 0 Å². The van der Waals surface area contributed by atoms with Gasteiger partial charge in [-0.15, -0.1) is 0 Å². The van der Waals surface area contributed by atoms with Crippen molar-refractivity contribution < 1.29 is 23.5 Å². The number of rotatable bonds is 8. The number of nitrogens with one attached hydrogen (secondary N) is 1. The lowest BCUT2D eigenvalue weighted by molar-refractivity contribution is -0.136. The molecule has 0 saturated carbocycles. The molecule has 1 heterocycles. The van der Waals surface area contributed by atoms with E-state index in [-0.39, 0.29) is 5.75 Å². The summed E-state index contributed by atoms with van der Waals surface area (Å²) >= 11 is 1.55. The molecular weight excluding hydrogens is 466 g/mol. The Morgan fingerprint density at radius 1 is 1.11 bits per heavy atom. The summed E-state index contributed by atoms with van der Waals surface area (Å²) in [5, 5.41) is 3.36. The number of esters is 1. The zero-order chi connectivity index (χ0) is 25.6. The number of fused-ring (bicyclic) bond motifs is 1. The highest BCUT2D eigenvalue weighted by molar-refractivity contribution is 7.98. The number of alkyl carbamates (subject to hydrolysis) is 1. The minimum atomic E-state index is -0.880. The summed E-state index contributed by atoms with van der Waals surface area (Å²) in [7, 11) is 0. The number of benzene rings is 2. The first-order valence-electron chi connectivity index (χ1n) is 11.4. The van der Waals surface area contributed by atoms with Gasteiger partial charge in [-0.3, -0.25) is 0 Å². The van der Waals surface area contributed by atoms with Gasteiger partial charge in [0.2, 0.25) is 0 Å². The molecule has 0 aliphatic carbocycles. The van der Waals surface area contributed by atoms with Crippen LogP contribution in [-0.4, -0.2) is 35.7 Å². The summed E-state index contributed by atoms with van der Waals surface area (Å²) in [6.45, 7) is 7.13. The number of thioether (sulfide) groups is 1. The molecule has 1 atom stereocenters. The van der Waals surface area contributed by atoms with E-state index in [1.165, 1.54) is 6.07 Å². The van der Waals surface area contributed by atoms with Gasteiger partial charge in [0.05, 0.1) is 0 Å². The molecule has 8 heteroatoms. The zero-order valence-electron chi connectivity index (χ0n) is 20.7. The number of carbonyl (C=O) groups excluding carboxylic acids is 2. The third-order valence-corrected chi connectivity index (χ3v) is 5.93. The molecule has 0 fully saturated rings. The Morgan fingerprint density at radius 2 is 1.83 bits per heavy atom. The fourth-order valence-electron chi connectivity index (χ4n) is 3.56. The topological polar surface area (TPSA) is 94.8 Å². The minimum absolute atomic E-state index is 0.223. The molecule has 1 amide bonds. The maximum absolute atomic E-state index is 12.9. The smallest absolute Gasteiger partial charge is 0.408 e. The van der Waals surface area contributed by atoms with Crippen LogP contribution >= 0.6 is 11.8 Å². The number of hydrogen-bond donors (Lipinski definition) is 1. The fraction of sp³-hybridized carbons (Fsp3) is 0.370. The average molecular weight is 498 g/mol. The predicted octanol–water partition coefficient (Wildman–Crippen LogP) is 5.24. The molecular formula is C27H31NO6S. The predicted molar refractivity (Wildman–Crippen MR) is 138 cm³/mol. The molecule has 1 unspecified atom stereocenters. The fourth-order valence-corrected chi connectivity index (χ4v) is 4.04. The van der Waals surface area contributed by atoms with Gasteiger partial charge < -0.3 is 19.2 Å². The van der Waals surface area contributed by atoms with Gasteiger partial charge in [-0.25, -0.2) is 14.4 Å². The summed E-state index contributed by atoms with van der Waals surface area (Å²) < 4.78 is 16.4. The lowest BCUT2D eigenvalue weighted by Gasteiger charge is -2.22. The van der Waals surface area contributed by atoms with Crippen LogP contribution in [-0.2, 0) is 16.0 Å². The molecule has 2 aromatic carbocycles. The highest BCUT2D eigenvalue weighted by atomic mass is 32.2. The maximum atomic E-state index is 12.9. The van der Waals surface area contributed by atoms with Crippen molar-refractivity contribution in [3.63, 3.8) is 0 Å². The monoisotopic (exact) mass is 497 g/mol. The van der Waals surface area contributed by atoms with Gasteiger partial charge in [0.1, 0.15) is 23.0 Å². The van der Waals surface area contributed by atoms with Crippen molar-refractivity contribution in [3.05, 3.63) is 75.6 Å². The number of ether oxygens (including phenoxy) is 2. The second kappa shape index (κ2) is 11.4. The van der Waals surface area contributed by atoms with Crippen molar-refractivity contribution >= 4 is 34.8 Å². The highest BCUT2D eigenvalue weighted by Crippen LogP contribution is 2.25. The van der Waals surface area contributed by atoms with Crippen molar-refractivity contribution in [3.8, 4) is 5.75 Å². The lowest BCUT2D eigenvalue weighted by atomic mass is 10.00. The first-order valence-corrected chi connectivity index (χ1v) is 12.8. The van der Waals surface area contributed by atoms with Crippen LogP contribution in [0.3, 0.4) is 0 Å². The summed E-state index contributed by atoms with van der Waals surface area (Å²) in [5.41, 5.74) is 1.64. The third-order valence-electron chi connectivity index (χ3n) is 5.29. The largest absolute Gasteiger partial charge is 0.444 e. The molecule has 3 rings (SSSR count). The molecule has 0 spiro atoms. The van der Waals surface area contributed by atoms with E-state index in [4.69, 9.17) is 13.9 Å². The molecule has 186 valence electrons. The van der Waals surface area contributed by atoms with Crippen molar-refractivity contribution in [2.45, 2.75) is 52.2 Å². The van der Waals surface area contributed by atoms with E-state index in [0.29, 0.717) is 29.7 Å². The molecule has 0 bridgehead atoms. The Hall–Kier alpha value is -3.26. The van der Waals surface area contributed by atoms with E-state index in [0.717, 1.165) is 16.5 Å². The first kappa shape index (κ1) is 26.3. The van der Waals surface area contributed by atoms with Gasteiger partial charge in [0.25, 0.3) is 0 Å². The van der Waals surface area contributed by atoms with Gasteiger partial charge >= 0.3 is 17.7 Å². The van der Waals surface area contributed by atoms with Crippen molar-refractivity contribution in [1.29, 1.82) is 0 Å². The Balaban J connectivity index is 1.80. The minimum Gasteiger partial charge on any atom is -0.444 e. The second-order valence-corrected chi connectivity index (χ2v) is 10.2.